The van der Waals surface area contributed by atoms with Gasteiger partial charge in [0.25, 0.3) is 5.56 Å². The summed E-state index contributed by atoms with van der Waals surface area (Å²) in [6.45, 7) is 4.57. The maximum absolute atomic E-state index is 11.9. The summed E-state index contributed by atoms with van der Waals surface area (Å²) in [6.07, 6.45) is 2.36. The van der Waals surface area contributed by atoms with Crippen molar-refractivity contribution in [1.82, 2.24) is 9.29 Å². The van der Waals surface area contributed by atoms with Crippen LogP contribution in [0.5, 0.6) is 0 Å². The highest BCUT2D eigenvalue weighted by Crippen LogP contribution is 2.15. The third-order valence-corrected chi connectivity index (χ3v) is 4.47. The number of nitrogens with one attached hydrogen (secondary N) is 1. The molecule has 0 fully saturated rings. The lowest BCUT2D eigenvalue weighted by molar-refractivity contribution is 0.590. The molecule has 0 radical (unpaired) electrons. The third kappa shape index (κ3) is 3.84. The van der Waals surface area contributed by atoms with Crippen LogP contribution in [0.25, 0.3) is 10.9 Å². The fraction of sp³-hybridized carbons (Fsp3) is 0.312. The number of hydrogen-bond donors (Lipinski definition) is 1. The van der Waals surface area contributed by atoms with E-state index in [1.165, 1.54) is 6.08 Å². The minimum atomic E-state index is -3.39. The summed E-state index contributed by atoms with van der Waals surface area (Å²) in [5.74, 6) is 0. The van der Waals surface area contributed by atoms with Crippen LogP contribution in [0.1, 0.15) is 25.8 Å². The number of nitrogens with zero attached hydrogens (tertiary/aromatic N) is 1. The molecule has 1 N–H and O–H groups in total. The largest absolute Gasteiger partial charge is 0.308 e. The van der Waals surface area contributed by atoms with Crippen LogP contribution in [0.3, 0.4) is 0 Å². The average molecular weight is 320 g/mol. The molecule has 0 atom stereocenters. The zero-order valence-electron chi connectivity index (χ0n) is 12.7. The Morgan fingerprint density at radius 2 is 2.00 bits per heavy atom. The molecular weight excluding hydrogens is 300 g/mol. The zero-order chi connectivity index (χ0) is 16.2. The first kappa shape index (κ1) is 16.5. The number of rotatable bonds is 6. The molecule has 0 saturated heterocycles. The molecule has 22 heavy (non-hydrogen) atoms. The molecule has 5 nitrogen and oxygen atoms in total. The van der Waals surface area contributed by atoms with Gasteiger partial charge in [-0.15, -0.1) is 0 Å². The van der Waals surface area contributed by atoms with E-state index in [-0.39, 0.29) is 12.1 Å². The normalized spacial score (nSPS) is 12.3. The monoisotopic (exact) mass is 320 g/mol. The van der Waals surface area contributed by atoms with Crippen molar-refractivity contribution in [2.24, 2.45) is 0 Å². The topological polar surface area (TPSA) is 68.2 Å². The molecule has 0 aliphatic rings. The average Bonchev–Trinajstić information content (AvgIpc) is 2.48. The number of benzene rings is 1. The van der Waals surface area contributed by atoms with E-state index < -0.39 is 10.0 Å². The summed E-state index contributed by atoms with van der Waals surface area (Å²) in [5.41, 5.74) is 1.70. The van der Waals surface area contributed by atoms with Gasteiger partial charge in [0.15, 0.2) is 0 Å². The van der Waals surface area contributed by atoms with Gasteiger partial charge in [0.05, 0.1) is 5.52 Å². The van der Waals surface area contributed by atoms with Crippen molar-refractivity contribution in [3.63, 3.8) is 0 Å². The highest BCUT2D eigenvalue weighted by molar-refractivity contribution is 7.92. The first-order valence-corrected chi connectivity index (χ1v) is 8.76. The van der Waals surface area contributed by atoms with Gasteiger partial charge in [-0.3, -0.25) is 4.79 Å². The Morgan fingerprint density at radius 3 is 2.68 bits per heavy atom. The lowest BCUT2D eigenvalue weighted by Crippen LogP contribution is -2.21. The van der Waals surface area contributed by atoms with Crippen molar-refractivity contribution >= 4 is 20.9 Å². The lowest BCUT2D eigenvalue weighted by Gasteiger charge is -2.10. The first-order chi connectivity index (χ1) is 10.5. The molecule has 0 aliphatic heterocycles. The number of pyridine rings is 1. The molecule has 0 unspecified atom stereocenters. The standard InChI is InChI=1S/C16H20N2O3S/c1-3-9-18-15-7-5-13(11-14(15)6-8-16(18)19)12-17-22(20,21)10-4-2/h4-8,10-11,17H,3,9,12H2,1-2H3. The predicted molar refractivity (Wildman–Crippen MR) is 89.1 cm³/mol. The van der Waals surface area contributed by atoms with Crippen LogP contribution in [-0.2, 0) is 23.1 Å². The van der Waals surface area contributed by atoms with Crippen LogP contribution in [-0.4, -0.2) is 13.0 Å². The van der Waals surface area contributed by atoms with Gasteiger partial charge in [0.2, 0.25) is 10.0 Å². The number of aromatic nitrogens is 1. The smallest absolute Gasteiger partial charge is 0.251 e. The second-order valence-corrected chi connectivity index (χ2v) is 6.70. The summed E-state index contributed by atoms with van der Waals surface area (Å²) < 4.78 is 27.5. The van der Waals surface area contributed by atoms with E-state index in [0.29, 0.717) is 6.54 Å². The van der Waals surface area contributed by atoms with Gasteiger partial charge in [-0.2, -0.15) is 0 Å². The summed E-state index contributed by atoms with van der Waals surface area (Å²) in [7, 11) is -3.39. The minimum Gasteiger partial charge on any atom is -0.308 e. The number of allylic oxidation sites excluding steroid dienone is 1. The Balaban J connectivity index is 2.32. The van der Waals surface area contributed by atoms with Crippen LogP contribution in [0.2, 0.25) is 0 Å². The van der Waals surface area contributed by atoms with Crippen molar-refractivity contribution in [3.8, 4) is 0 Å². The second-order valence-electron chi connectivity index (χ2n) is 5.05. The molecule has 1 aromatic carbocycles. The number of sulfonamides is 1. The second kappa shape index (κ2) is 6.89. The Hall–Kier alpha value is -1.92. The molecule has 1 heterocycles. The van der Waals surface area contributed by atoms with Crippen molar-refractivity contribution < 1.29 is 8.42 Å². The van der Waals surface area contributed by atoms with Crippen LogP contribution < -0.4 is 10.3 Å². The van der Waals surface area contributed by atoms with Gasteiger partial charge in [-0.25, -0.2) is 13.1 Å². The van der Waals surface area contributed by atoms with Crippen molar-refractivity contribution in [3.05, 3.63) is 57.7 Å². The minimum absolute atomic E-state index is 0.0177. The van der Waals surface area contributed by atoms with E-state index in [4.69, 9.17) is 0 Å². The summed E-state index contributed by atoms with van der Waals surface area (Å²) in [5, 5.41) is 2.06. The molecular formula is C16H20N2O3S. The molecule has 0 amide bonds. The summed E-state index contributed by atoms with van der Waals surface area (Å²) in [6, 6.07) is 8.93. The molecule has 6 heteroatoms. The van der Waals surface area contributed by atoms with Gasteiger partial charge in [0.1, 0.15) is 0 Å². The highest BCUT2D eigenvalue weighted by atomic mass is 32.2. The molecule has 0 saturated carbocycles. The third-order valence-electron chi connectivity index (χ3n) is 3.29. The fourth-order valence-electron chi connectivity index (χ4n) is 2.33. The molecule has 0 bridgehead atoms. The zero-order valence-corrected chi connectivity index (χ0v) is 13.6. The van der Waals surface area contributed by atoms with Gasteiger partial charge in [0, 0.05) is 24.6 Å². The van der Waals surface area contributed by atoms with Crippen LogP contribution in [0, 0.1) is 0 Å². The summed E-state index contributed by atoms with van der Waals surface area (Å²) >= 11 is 0. The van der Waals surface area contributed by atoms with E-state index in [1.807, 2.05) is 25.1 Å². The number of hydrogen-bond acceptors (Lipinski definition) is 3. The number of aryl methyl sites for hydroxylation is 1. The van der Waals surface area contributed by atoms with E-state index in [0.717, 1.165) is 28.3 Å². The van der Waals surface area contributed by atoms with Gasteiger partial charge >= 0.3 is 0 Å². The highest BCUT2D eigenvalue weighted by Gasteiger charge is 2.06. The number of fused-ring (bicyclic) bond motifs is 1. The first-order valence-electron chi connectivity index (χ1n) is 7.21. The van der Waals surface area contributed by atoms with E-state index in [9.17, 15) is 13.2 Å². The van der Waals surface area contributed by atoms with Crippen LogP contribution in [0.15, 0.2) is 46.6 Å². The Kier molecular flexibility index (Phi) is 5.15. The van der Waals surface area contributed by atoms with Crippen molar-refractivity contribution in [1.29, 1.82) is 0 Å². The molecule has 118 valence electrons. The Morgan fingerprint density at radius 1 is 1.23 bits per heavy atom. The van der Waals surface area contributed by atoms with Crippen molar-refractivity contribution in [2.75, 3.05) is 0 Å². The molecule has 0 spiro atoms. The van der Waals surface area contributed by atoms with Crippen molar-refractivity contribution in [2.45, 2.75) is 33.4 Å². The summed E-state index contributed by atoms with van der Waals surface area (Å²) in [4.78, 5) is 11.9. The predicted octanol–water partition coefficient (Wildman–Crippen LogP) is 2.36. The van der Waals surface area contributed by atoms with Gasteiger partial charge < -0.3 is 4.57 Å². The van der Waals surface area contributed by atoms with E-state index in [2.05, 4.69) is 4.72 Å². The maximum atomic E-state index is 11.9. The van der Waals surface area contributed by atoms with Crippen LogP contribution in [0.4, 0.5) is 0 Å². The Bertz CT molecular complexity index is 851. The van der Waals surface area contributed by atoms with Gasteiger partial charge in [-0.05, 0) is 42.5 Å². The van der Waals surface area contributed by atoms with E-state index in [1.54, 1.807) is 23.6 Å². The van der Waals surface area contributed by atoms with Crippen LogP contribution >= 0.6 is 0 Å². The molecule has 0 aliphatic carbocycles. The van der Waals surface area contributed by atoms with Gasteiger partial charge in [-0.1, -0.05) is 19.1 Å². The molecule has 2 rings (SSSR count). The molecule has 2 aromatic rings. The SMILES string of the molecule is CC=CS(=O)(=O)NCc1ccc2c(ccc(=O)n2CCC)c1. The van der Waals surface area contributed by atoms with E-state index >= 15 is 0 Å². The lowest BCUT2D eigenvalue weighted by atomic mass is 10.1. The quantitative estimate of drug-likeness (QED) is 0.888. The fourth-order valence-corrected chi connectivity index (χ4v) is 3.15. The molecule has 1 aromatic heterocycles. The maximum Gasteiger partial charge on any atom is 0.251 e. The Labute approximate surface area is 130 Å².